The second-order valence-corrected chi connectivity index (χ2v) is 5.40. The smallest absolute Gasteiger partial charge is 0.240 e. The van der Waals surface area contributed by atoms with E-state index in [4.69, 9.17) is 22.4 Å². The van der Waals surface area contributed by atoms with Crippen molar-refractivity contribution in [3.8, 4) is 0 Å². The maximum Gasteiger partial charge on any atom is 0.240 e. The topological polar surface area (TPSA) is 92.4 Å². The van der Waals surface area contributed by atoms with Crippen LogP contribution in [0.3, 0.4) is 0 Å². The molecule has 16 heavy (non-hydrogen) atoms. The van der Waals surface area contributed by atoms with Gasteiger partial charge in [-0.05, 0) is 24.6 Å². The van der Waals surface area contributed by atoms with E-state index in [0.29, 0.717) is 10.6 Å². The van der Waals surface area contributed by atoms with Gasteiger partial charge in [-0.15, -0.1) is 0 Å². The lowest BCUT2D eigenvalue weighted by Crippen LogP contribution is -2.27. The number of anilines is 1. The molecule has 0 bridgehead atoms. The van der Waals surface area contributed by atoms with Crippen LogP contribution in [-0.2, 0) is 10.0 Å². The molecule has 0 aliphatic rings. The van der Waals surface area contributed by atoms with E-state index < -0.39 is 10.0 Å². The van der Waals surface area contributed by atoms with Crippen molar-refractivity contribution < 1.29 is 13.5 Å². The van der Waals surface area contributed by atoms with Crippen LogP contribution in [0.4, 0.5) is 5.69 Å². The first-order valence-corrected chi connectivity index (χ1v) is 6.40. The van der Waals surface area contributed by atoms with Crippen LogP contribution in [0, 0.1) is 6.92 Å². The number of sulfonamides is 1. The summed E-state index contributed by atoms with van der Waals surface area (Å²) >= 11 is 5.76. The third-order valence-corrected chi connectivity index (χ3v) is 3.92. The highest BCUT2D eigenvalue weighted by molar-refractivity contribution is 7.89. The highest BCUT2D eigenvalue weighted by atomic mass is 35.5. The SMILES string of the molecule is Cc1cc(Cl)c(N)cc1S(=O)(=O)NCCO. The van der Waals surface area contributed by atoms with Crippen molar-refractivity contribution in [1.82, 2.24) is 4.72 Å². The van der Waals surface area contributed by atoms with Crippen molar-refractivity contribution in [2.45, 2.75) is 11.8 Å². The summed E-state index contributed by atoms with van der Waals surface area (Å²) in [5.74, 6) is 0. The van der Waals surface area contributed by atoms with E-state index in [0.717, 1.165) is 0 Å². The average Bonchev–Trinajstić information content (AvgIpc) is 2.20. The predicted octanol–water partition coefficient (Wildman–Crippen LogP) is 0.501. The van der Waals surface area contributed by atoms with E-state index >= 15 is 0 Å². The summed E-state index contributed by atoms with van der Waals surface area (Å²) in [6.45, 7) is 1.32. The minimum absolute atomic E-state index is 0.0374. The number of halogens is 1. The molecule has 0 heterocycles. The van der Waals surface area contributed by atoms with Gasteiger partial charge in [-0.25, -0.2) is 13.1 Å². The van der Waals surface area contributed by atoms with Crippen molar-refractivity contribution in [1.29, 1.82) is 0 Å². The normalized spacial score (nSPS) is 11.7. The summed E-state index contributed by atoms with van der Waals surface area (Å²) in [5, 5.41) is 8.89. The molecule has 0 fully saturated rings. The summed E-state index contributed by atoms with van der Waals surface area (Å²) in [6, 6.07) is 2.79. The molecular weight excluding hydrogens is 252 g/mol. The Morgan fingerprint density at radius 1 is 1.50 bits per heavy atom. The van der Waals surface area contributed by atoms with Gasteiger partial charge in [0.2, 0.25) is 10.0 Å². The molecule has 1 aromatic carbocycles. The Balaban J connectivity index is 3.18. The van der Waals surface area contributed by atoms with Gasteiger partial charge in [0.05, 0.1) is 22.2 Å². The Bertz CT molecular complexity index is 488. The Morgan fingerprint density at radius 2 is 2.12 bits per heavy atom. The van der Waals surface area contributed by atoms with Gasteiger partial charge < -0.3 is 10.8 Å². The standard InChI is InChI=1S/C9H13ClN2O3S/c1-6-4-7(10)8(11)5-9(6)16(14,15)12-2-3-13/h4-5,12-13H,2-3,11H2,1H3. The van der Waals surface area contributed by atoms with Crippen LogP contribution in [-0.4, -0.2) is 26.7 Å². The third-order valence-electron chi connectivity index (χ3n) is 1.99. The van der Waals surface area contributed by atoms with Crippen LogP contribution >= 0.6 is 11.6 Å². The number of rotatable bonds is 4. The van der Waals surface area contributed by atoms with Gasteiger partial charge in [-0.1, -0.05) is 11.6 Å². The maximum atomic E-state index is 11.8. The van der Waals surface area contributed by atoms with E-state index in [9.17, 15) is 8.42 Å². The molecule has 1 rings (SSSR count). The quantitative estimate of drug-likeness (QED) is 0.691. The van der Waals surface area contributed by atoms with E-state index in [-0.39, 0.29) is 23.7 Å². The van der Waals surface area contributed by atoms with Crippen LogP contribution in [0.2, 0.25) is 5.02 Å². The number of aliphatic hydroxyl groups excluding tert-OH is 1. The molecule has 7 heteroatoms. The van der Waals surface area contributed by atoms with Crippen molar-refractivity contribution >= 4 is 27.3 Å². The Morgan fingerprint density at radius 3 is 2.69 bits per heavy atom. The van der Waals surface area contributed by atoms with Crippen LogP contribution in [0.1, 0.15) is 5.56 Å². The molecule has 0 saturated carbocycles. The monoisotopic (exact) mass is 264 g/mol. The molecule has 0 saturated heterocycles. The fourth-order valence-corrected chi connectivity index (χ4v) is 2.71. The predicted molar refractivity (Wildman–Crippen MR) is 62.9 cm³/mol. The van der Waals surface area contributed by atoms with Crippen LogP contribution in [0.25, 0.3) is 0 Å². The zero-order chi connectivity index (χ0) is 12.3. The van der Waals surface area contributed by atoms with Crippen molar-refractivity contribution in [3.63, 3.8) is 0 Å². The zero-order valence-corrected chi connectivity index (χ0v) is 10.3. The number of benzene rings is 1. The summed E-state index contributed by atoms with van der Waals surface area (Å²) in [4.78, 5) is 0.0721. The Kier molecular flexibility index (Phi) is 4.15. The number of hydrogen-bond donors (Lipinski definition) is 3. The minimum atomic E-state index is -3.64. The van der Waals surface area contributed by atoms with Crippen molar-refractivity contribution in [2.24, 2.45) is 0 Å². The third kappa shape index (κ3) is 2.85. The number of nitrogen functional groups attached to an aromatic ring is 1. The molecule has 4 N–H and O–H groups in total. The summed E-state index contributed by atoms with van der Waals surface area (Å²) in [6.07, 6.45) is 0. The fourth-order valence-electron chi connectivity index (χ4n) is 1.22. The molecule has 0 radical (unpaired) electrons. The molecule has 0 aliphatic heterocycles. The van der Waals surface area contributed by atoms with Gasteiger partial charge in [-0.2, -0.15) is 0 Å². The molecule has 0 spiro atoms. The second kappa shape index (κ2) is 5.01. The number of nitrogens with one attached hydrogen (secondary N) is 1. The van der Waals surface area contributed by atoms with Crippen LogP contribution in [0.5, 0.6) is 0 Å². The van der Waals surface area contributed by atoms with Gasteiger partial charge in [0.15, 0.2) is 0 Å². The highest BCUT2D eigenvalue weighted by Crippen LogP contribution is 2.25. The lowest BCUT2D eigenvalue weighted by Gasteiger charge is -2.10. The van der Waals surface area contributed by atoms with E-state index in [1.165, 1.54) is 12.1 Å². The number of aryl methyl sites for hydroxylation is 1. The van der Waals surface area contributed by atoms with Gasteiger partial charge in [0.1, 0.15) is 0 Å². The number of hydrogen-bond acceptors (Lipinski definition) is 4. The van der Waals surface area contributed by atoms with Crippen LogP contribution < -0.4 is 10.5 Å². The maximum absolute atomic E-state index is 11.8. The fraction of sp³-hybridized carbons (Fsp3) is 0.333. The van der Waals surface area contributed by atoms with Crippen LogP contribution in [0.15, 0.2) is 17.0 Å². The Labute approximate surface area is 99.3 Å². The summed E-state index contributed by atoms with van der Waals surface area (Å²) in [7, 11) is -3.64. The summed E-state index contributed by atoms with van der Waals surface area (Å²) < 4.78 is 25.7. The first-order chi connectivity index (χ1) is 7.38. The van der Waals surface area contributed by atoms with Crippen molar-refractivity contribution in [2.75, 3.05) is 18.9 Å². The lowest BCUT2D eigenvalue weighted by atomic mass is 10.2. The molecule has 0 amide bonds. The van der Waals surface area contributed by atoms with Crippen molar-refractivity contribution in [3.05, 3.63) is 22.7 Å². The van der Waals surface area contributed by atoms with E-state index in [1.807, 2.05) is 0 Å². The van der Waals surface area contributed by atoms with E-state index in [1.54, 1.807) is 6.92 Å². The van der Waals surface area contributed by atoms with E-state index in [2.05, 4.69) is 4.72 Å². The molecular formula is C9H13ClN2O3S. The summed E-state index contributed by atoms with van der Waals surface area (Å²) in [5.41, 5.74) is 6.25. The largest absolute Gasteiger partial charge is 0.397 e. The van der Waals surface area contributed by atoms with Gasteiger partial charge >= 0.3 is 0 Å². The van der Waals surface area contributed by atoms with Gasteiger partial charge in [0, 0.05) is 6.54 Å². The average molecular weight is 265 g/mol. The molecule has 90 valence electrons. The second-order valence-electron chi connectivity index (χ2n) is 3.26. The molecule has 0 aromatic heterocycles. The molecule has 5 nitrogen and oxygen atoms in total. The minimum Gasteiger partial charge on any atom is -0.397 e. The molecule has 0 aliphatic carbocycles. The number of aliphatic hydroxyl groups is 1. The highest BCUT2D eigenvalue weighted by Gasteiger charge is 2.17. The molecule has 0 unspecified atom stereocenters. The van der Waals surface area contributed by atoms with Gasteiger partial charge in [-0.3, -0.25) is 0 Å². The first kappa shape index (κ1) is 13.2. The lowest BCUT2D eigenvalue weighted by molar-refractivity contribution is 0.301. The zero-order valence-electron chi connectivity index (χ0n) is 8.70. The first-order valence-electron chi connectivity index (χ1n) is 4.54. The number of nitrogens with two attached hydrogens (primary N) is 1. The molecule has 0 atom stereocenters. The Hall–Kier alpha value is -0.820. The van der Waals surface area contributed by atoms with Gasteiger partial charge in [0.25, 0.3) is 0 Å². The molecule has 1 aromatic rings.